The van der Waals surface area contributed by atoms with Crippen LogP contribution < -0.4 is 4.74 Å². The van der Waals surface area contributed by atoms with Crippen LogP contribution in [0.1, 0.15) is 28.4 Å². The van der Waals surface area contributed by atoms with Crippen molar-refractivity contribution in [3.63, 3.8) is 0 Å². The van der Waals surface area contributed by atoms with Gasteiger partial charge in [0.25, 0.3) is 0 Å². The van der Waals surface area contributed by atoms with Crippen LogP contribution in [0.4, 0.5) is 0 Å². The SMILES string of the molecule is C=C(C)c1ccc(Oc2ccc(/C=C/C(=O)c3ccccc3)cc2)cc1. The van der Waals surface area contributed by atoms with Crippen LogP contribution in [0, 0.1) is 0 Å². The van der Waals surface area contributed by atoms with E-state index in [-0.39, 0.29) is 5.78 Å². The fourth-order valence-corrected chi connectivity index (χ4v) is 2.46. The molecular formula is C24H20O2. The Bertz CT molecular complexity index is 918. The van der Waals surface area contributed by atoms with Crippen LogP contribution in [0.5, 0.6) is 11.5 Å². The van der Waals surface area contributed by atoms with Crippen molar-refractivity contribution in [1.82, 2.24) is 0 Å². The molecule has 0 spiro atoms. The number of carbonyl (C=O) groups excluding carboxylic acids is 1. The Labute approximate surface area is 154 Å². The molecule has 26 heavy (non-hydrogen) atoms. The smallest absolute Gasteiger partial charge is 0.185 e. The van der Waals surface area contributed by atoms with Crippen molar-refractivity contribution in [2.45, 2.75) is 6.92 Å². The molecule has 0 aliphatic carbocycles. The molecule has 0 saturated carbocycles. The zero-order valence-corrected chi connectivity index (χ0v) is 14.7. The summed E-state index contributed by atoms with van der Waals surface area (Å²) in [5, 5.41) is 0. The number of ether oxygens (including phenoxy) is 1. The first-order valence-corrected chi connectivity index (χ1v) is 8.43. The summed E-state index contributed by atoms with van der Waals surface area (Å²) in [5.41, 5.74) is 3.75. The molecule has 0 atom stereocenters. The predicted molar refractivity (Wildman–Crippen MR) is 107 cm³/mol. The molecule has 0 aliphatic rings. The zero-order chi connectivity index (χ0) is 18.4. The maximum atomic E-state index is 12.1. The van der Waals surface area contributed by atoms with E-state index in [2.05, 4.69) is 6.58 Å². The number of hydrogen-bond donors (Lipinski definition) is 0. The van der Waals surface area contributed by atoms with Crippen LogP contribution in [0.15, 0.2) is 91.5 Å². The summed E-state index contributed by atoms with van der Waals surface area (Å²) in [6, 6.07) is 24.7. The molecule has 2 nitrogen and oxygen atoms in total. The minimum absolute atomic E-state index is 0.0106. The molecule has 128 valence electrons. The predicted octanol–water partition coefficient (Wildman–Crippen LogP) is 6.41. The van der Waals surface area contributed by atoms with E-state index >= 15 is 0 Å². The third kappa shape index (κ3) is 4.58. The average molecular weight is 340 g/mol. The van der Waals surface area contributed by atoms with Crippen molar-refractivity contribution in [3.8, 4) is 11.5 Å². The summed E-state index contributed by atoms with van der Waals surface area (Å²) in [6.45, 7) is 5.90. The van der Waals surface area contributed by atoms with E-state index in [1.807, 2.05) is 85.8 Å². The lowest BCUT2D eigenvalue weighted by atomic mass is 10.1. The molecule has 0 saturated heterocycles. The van der Waals surface area contributed by atoms with Gasteiger partial charge in [-0.05, 0) is 48.4 Å². The minimum Gasteiger partial charge on any atom is -0.457 e. The molecule has 0 fully saturated rings. The molecule has 3 rings (SSSR count). The highest BCUT2D eigenvalue weighted by molar-refractivity contribution is 6.06. The third-order valence-electron chi connectivity index (χ3n) is 3.95. The summed E-state index contributed by atoms with van der Waals surface area (Å²) in [4.78, 5) is 12.1. The van der Waals surface area contributed by atoms with Crippen LogP contribution in [0.3, 0.4) is 0 Å². The summed E-state index contributed by atoms with van der Waals surface area (Å²) in [6.07, 6.45) is 3.39. The van der Waals surface area contributed by atoms with Gasteiger partial charge in [-0.3, -0.25) is 4.79 Å². The molecule has 0 aromatic heterocycles. The second kappa shape index (κ2) is 8.13. The van der Waals surface area contributed by atoms with Gasteiger partial charge >= 0.3 is 0 Å². The topological polar surface area (TPSA) is 26.3 Å². The molecule has 2 heteroatoms. The summed E-state index contributed by atoms with van der Waals surface area (Å²) in [5.74, 6) is 1.51. The van der Waals surface area contributed by atoms with Gasteiger partial charge in [-0.2, -0.15) is 0 Å². The van der Waals surface area contributed by atoms with Crippen LogP contribution in [-0.4, -0.2) is 5.78 Å². The minimum atomic E-state index is -0.0106. The highest BCUT2D eigenvalue weighted by atomic mass is 16.5. The number of hydrogen-bond acceptors (Lipinski definition) is 2. The Morgan fingerprint density at radius 2 is 1.38 bits per heavy atom. The first-order valence-electron chi connectivity index (χ1n) is 8.43. The maximum absolute atomic E-state index is 12.1. The van der Waals surface area contributed by atoms with E-state index in [0.717, 1.165) is 28.2 Å². The number of benzene rings is 3. The van der Waals surface area contributed by atoms with Gasteiger partial charge in [-0.1, -0.05) is 72.8 Å². The lowest BCUT2D eigenvalue weighted by Gasteiger charge is -2.07. The van der Waals surface area contributed by atoms with Crippen molar-refractivity contribution in [2.24, 2.45) is 0 Å². The molecule has 0 unspecified atom stereocenters. The zero-order valence-electron chi connectivity index (χ0n) is 14.7. The van der Waals surface area contributed by atoms with Gasteiger partial charge in [0.2, 0.25) is 0 Å². The Kier molecular flexibility index (Phi) is 5.45. The molecular weight excluding hydrogens is 320 g/mol. The number of allylic oxidation sites excluding steroid dienone is 2. The van der Waals surface area contributed by atoms with E-state index in [1.165, 1.54) is 0 Å². The number of rotatable bonds is 6. The van der Waals surface area contributed by atoms with E-state index < -0.39 is 0 Å². The average Bonchev–Trinajstić information content (AvgIpc) is 2.68. The monoisotopic (exact) mass is 340 g/mol. The van der Waals surface area contributed by atoms with Crippen molar-refractivity contribution >= 4 is 17.4 Å². The lowest BCUT2D eigenvalue weighted by Crippen LogP contribution is -1.92. The molecule has 3 aromatic rings. The molecule has 0 radical (unpaired) electrons. The fraction of sp³-hybridized carbons (Fsp3) is 0.0417. The summed E-state index contributed by atoms with van der Waals surface area (Å²) in [7, 11) is 0. The van der Waals surface area contributed by atoms with Gasteiger partial charge in [0.1, 0.15) is 11.5 Å². The van der Waals surface area contributed by atoms with E-state index in [0.29, 0.717) is 5.56 Å². The van der Waals surface area contributed by atoms with Crippen molar-refractivity contribution in [3.05, 3.63) is 108 Å². The van der Waals surface area contributed by atoms with E-state index in [4.69, 9.17) is 4.74 Å². The lowest BCUT2D eigenvalue weighted by molar-refractivity contribution is 0.104. The fourth-order valence-electron chi connectivity index (χ4n) is 2.46. The van der Waals surface area contributed by atoms with Crippen molar-refractivity contribution < 1.29 is 9.53 Å². The molecule has 3 aromatic carbocycles. The molecule has 0 bridgehead atoms. The van der Waals surface area contributed by atoms with E-state index in [1.54, 1.807) is 12.2 Å². The van der Waals surface area contributed by atoms with Gasteiger partial charge in [0.15, 0.2) is 5.78 Å². The standard InChI is InChI=1S/C24H20O2/c1-18(2)20-11-15-23(16-12-20)26-22-13-8-19(9-14-22)10-17-24(25)21-6-4-3-5-7-21/h3-17H,1H2,2H3/b17-10+. The van der Waals surface area contributed by atoms with Crippen molar-refractivity contribution in [1.29, 1.82) is 0 Å². The van der Waals surface area contributed by atoms with Crippen LogP contribution in [0.2, 0.25) is 0 Å². The first-order chi connectivity index (χ1) is 12.6. The van der Waals surface area contributed by atoms with Gasteiger partial charge in [-0.25, -0.2) is 0 Å². The highest BCUT2D eigenvalue weighted by Gasteiger charge is 2.01. The molecule has 0 heterocycles. The Morgan fingerprint density at radius 3 is 1.96 bits per heavy atom. The Balaban J connectivity index is 1.64. The largest absolute Gasteiger partial charge is 0.457 e. The van der Waals surface area contributed by atoms with Gasteiger partial charge in [-0.15, -0.1) is 0 Å². The second-order valence-corrected chi connectivity index (χ2v) is 6.04. The second-order valence-electron chi connectivity index (χ2n) is 6.04. The molecule has 0 N–H and O–H groups in total. The van der Waals surface area contributed by atoms with Gasteiger partial charge in [0, 0.05) is 5.56 Å². The highest BCUT2D eigenvalue weighted by Crippen LogP contribution is 2.24. The van der Waals surface area contributed by atoms with Crippen LogP contribution >= 0.6 is 0 Å². The number of ketones is 1. The summed E-state index contributed by atoms with van der Waals surface area (Å²) >= 11 is 0. The number of carbonyl (C=O) groups is 1. The van der Waals surface area contributed by atoms with Gasteiger partial charge in [0.05, 0.1) is 0 Å². The first kappa shape index (κ1) is 17.4. The van der Waals surface area contributed by atoms with Crippen LogP contribution in [-0.2, 0) is 0 Å². The maximum Gasteiger partial charge on any atom is 0.185 e. The van der Waals surface area contributed by atoms with Crippen LogP contribution in [0.25, 0.3) is 11.6 Å². The quantitative estimate of drug-likeness (QED) is 0.383. The normalized spacial score (nSPS) is 10.7. The van der Waals surface area contributed by atoms with Gasteiger partial charge < -0.3 is 4.74 Å². The summed E-state index contributed by atoms with van der Waals surface area (Å²) < 4.78 is 5.84. The van der Waals surface area contributed by atoms with E-state index in [9.17, 15) is 4.79 Å². The Morgan fingerprint density at radius 1 is 0.808 bits per heavy atom. The molecule has 0 aliphatic heterocycles. The van der Waals surface area contributed by atoms with Crippen molar-refractivity contribution in [2.75, 3.05) is 0 Å². The molecule has 0 amide bonds. The Hall–Kier alpha value is -3.39. The third-order valence-corrected chi connectivity index (χ3v) is 3.95.